The molecule has 0 fully saturated rings. The predicted octanol–water partition coefficient (Wildman–Crippen LogP) is 0.642. The lowest BCUT2D eigenvalue weighted by molar-refractivity contribution is 0.0949. The molecule has 0 radical (unpaired) electrons. The second-order valence-electron chi connectivity index (χ2n) is 3.62. The van der Waals surface area contributed by atoms with Gasteiger partial charge in [-0.15, -0.1) is 0 Å². The van der Waals surface area contributed by atoms with E-state index in [0.29, 0.717) is 23.1 Å². The Bertz CT molecular complexity index is 599. The number of carbonyl (C=O) groups is 1. The maximum atomic E-state index is 11.9. The molecule has 0 aliphatic carbocycles. The van der Waals surface area contributed by atoms with Gasteiger partial charge in [0, 0.05) is 12.5 Å². The van der Waals surface area contributed by atoms with E-state index in [1.807, 2.05) is 0 Å². The molecule has 100 valence electrons. The number of pyridine rings is 1. The van der Waals surface area contributed by atoms with Crippen molar-refractivity contribution in [1.82, 2.24) is 20.4 Å². The van der Waals surface area contributed by atoms with Gasteiger partial charge in [0.15, 0.2) is 5.82 Å². The number of aryl methyl sites for hydroxylation is 1. The third-order valence-corrected chi connectivity index (χ3v) is 2.37. The lowest BCUT2D eigenvalue weighted by Crippen LogP contribution is -2.24. The molecule has 0 bridgehead atoms. The molecule has 2 rings (SSSR count). The van der Waals surface area contributed by atoms with Gasteiger partial charge in [0.2, 0.25) is 5.89 Å². The number of hydrogen-bond acceptors (Lipinski definition) is 7. The third-order valence-electron chi connectivity index (χ3n) is 2.18. The van der Waals surface area contributed by atoms with Crippen LogP contribution in [0.1, 0.15) is 22.1 Å². The highest BCUT2D eigenvalue weighted by molar-refractivity contribution is 6.29. The second kappa shape index (κ2) is 5.63. The van der Waals surface area contributed by atoms with Gasteiger partial charge in [-0.2, -0.15) is 4.98 Å². The van der Waals surface area contributed by atoms with E-state index in [0.717, 1.165) is 0 Å². The van der Waals surface area contributed by atoms with Gasteiger partial charge in [0.1, 0.15) is 11.0 Å². The van der Waals surface area contributed by atoms with Crippen LogP contribution in [-0.2, 0) is 6.54 Å². The van der Waals surface area contributed by atoms with Crippen LogP contribution in [0.5, 0.6) is 0 Å². The Morgan fingerprint density at radius 1 is 1.47 bits per heavy atom. The van der Waals surface area contributed by atoms with Crippen LogP contribution in [0.3, 0.4) is 0 Å². The SMILES string of the molecule is Cc1nc(CNC(=O)c2cc(Cl)nc(NN)c2)no1. The van der Waals surface area contributed by atoms with Gasteiger partial charge in [-0.3, -0.25) is 4.79 Å². The Balaban J connectivity index is 2.05. The van der Waals surface area contributed by atoms with Gasteiger partial charge in [-0.05, 0) is 12.1 Å². The number of halogens is 1. The summed E-state index contributed by atoms with van der Waals surface area (Å²) in [5, 5.41) is 6.45. The highest BCUT2D eigenvalue weighted by Crippen LogP contribution is 2.13. The van der Waals surface area contributed by atoms with Crippen LogP contribution in [0.15, 0.2) is 16.7 Å². The fourth-order valence-corrected chi connectivity index (χ4v) is 1.59. The smallest absolute Gasteiger partial charge is 0.251 e. The molecule has 4 N–H and O–H groups in total. The van der Waals surface area contributed by atoms with Crippen molar-refractivity contribution < 1.29 is 9.32 Å². The minimum Gasteiger partial charge on any atom is -0.345 e. The summed E-state index contributed by atoms with van der Waals surface area (Å²) in [6.07, 6.45) is 0. The number of hydrogen-bond donors (Lipinski definition) is 3. The van der Waals surface area contributed by atoms with E-state index in [2.05, 4.69) is 25.9 Å². The molecule has 1 amide bonds. The molecule has 0 unspecified atom stereocenters. The maximum Gasteiger partial charge on any atom is 0.251 e. The number of carbonyl (C=O) groups excluding carboxylic acids is 1. The van der Waals surface area contributed by atoms with E-state index in [1.54, 1.807) is 6.92 Å². The summed E-state index contributed by atoms with van der Waals surface area (Å²) in [7, 11) is 0. The summed E-state index contributed by atoms with van der Waals surface area (Å²) in [4.78, 5) is 19.7. The van der Waals surface area contributed by atoms with Gasteiger partial charge < -0.3 is 15.3 Å². The average molecular weight is 283 g/mol. The second-order valence-corrected chi connectivity index (χ2v) is 4.01. The molecule has 0 saturated carbocycles. The maximum absolute atomic E-state index is 11.9. The summed E-state index contributed by atoms with van der Waals surface area (Å²) in [6, 6.07) is 2.90. The Morgan fingerprint density at radius 3 is 2.89 bits per heavy atom. The lowest BCUT2D eigenvalue weighted by atomic mass is 10.2. The number of aromatic nitrogens is 3. The zero-order valence-corrected chi connectivity index (χ0v) is 10.7. The minimum absolute atomic E-state index is 0.154. The molecule has 2 heterocycles. The van der Waals surface area contributed by atoms with Crippen molar-refractivity contribution >= 4 is 23.3 Å². The zero-order chi connectivity index (χ0) is 13.8. The molecule has 19 heavy (non-hydrogen) atoms. The standard InChI is InChI=1S/C10H11ClN6O2/c1-5-14-9(17-19-5)4-13-10(18)6-2-7(11)15-8(3-6)16-12/h2-3H,4,12H2,1H3,(H,13,18)(H,15,16). The molecule has 9 heteroatoms. The van der Waals surface area contributed by atoms with E-state index in [1.165, 1.54) is 12.1 Å². The number of nitrogens with one attached hydrogen (secondary N) is 2. The first-order valence-electron chi connectivity index (χ1n) is 5.30. The van der Waals surface area contributed by atoms with Crippen LogP contribution in [0.4, 0.5) is 5.82 Å². The van der Waals surface area contributed by atoms with Crippen LogP contribution in [0.2, 0.25) is 5.15 Å². The van der Waals surface area contributed by atoms with Gasteiger partial charge >= 0.3 is 0 Å². The van der Waals surface area contributed by atoms with Gasteiger partial charge in [-0.25, -0.2) is 10.8 Å². The van der Waals surface area contributed by atoms with Crippen LogP contribution >= 0.6 is 11.6 Å². The Labute approximate surface area is 113 Å². The monoisotopic (exact) mass is 282 g/mol. The molecular weight excluding hydrogens is 272 g/mol. The number of hydrazine groups is 1. The van der Waals surface area contributed by atoms with Crippen molar-refractivity contribution in [1.29, 1.82) is 0 Å². The van der Waals surface area contributed by atoms with E-state index >= 15 is 0 Å². The molecule has 2 aromatic heterocycles. The Hall–Kier alpha value is -2.19. The van der Waals surface area contributed by atoms with Crippen LogP contribution in [0, 0.1) is 6.92 Å². The number of anilines is 1. The molecule has 8 nitrogen and oxygen atoms in total. The molecular formula is C10H11ClN6O2. The van der Waals surface area contributed by atoms with Crippen LogP contribution < -0.4 is 16.6 Å². The highest BCUT2D eigenvalue weighted by atomic mass is 35.5. The number of amides is 1. The van der Waals surface area contributed by atoms with Crippen molar-refractivity contribution in [2.75, 3.05) is 5.43 Å². The topological polar surface area (TPSA) is 119 Å². The fraction of sp³-hybridized carbons (Fsp3) is 0.200. The average Bonchev–Trinajstić information content (AvgIpc) is 2.81. The minimum atomic E-state index is -0.344. The summed E-state index contributed by atoms with van der Waals surface area (Å²) < 4.78 is 4.79. The molecule has 0 aromatic carbocycles. The number of rotatable bonds is 4. The molecule has 0 spiro atoms. The van der Waals surface area contributed by atoms with Crippen molar-refractivity contribution in [3.8, 4) is 0 Å². The fourth-order valence-electron chi connectivity index (χ4n) is 1.38. The largest absolute Gasteiger partial charge is 0.345 e. The molecule has 0 atom stereocenters. The van der Waals surface area contributed by atoms with Gasteiger partial charge in [-0.1, -0.05) is 16.8 Å². The Morgan fingerprint density at radius 2 is 2.26 bits per heavy atom. The van der Waals surface area contributed by atoms with Crippen molar-refractivity contribution in [2.24, 2.45) is 5.84 Å². The molecule has 2 aromatic rings. The first-order chi connectivity index (χ1) is 9.08. The zero-order valence-electron chi connectivity index (χ0n) is 9.98. The van der Waals surface area contributed by atoms with Gasteiger partial charge in [0.25, 0.3) is 5.91 Å². The number of nitrogens with zero attached hydrogens (tertiary/aromatic N) is 3. The van der Waals surface area contributed by atoms with Crippen LogP contribution in [-0.4, -0.2) is 21.0 Å². The van der Waals surface area contributed by atoms with E-state index in [-0.39, 0.29) is 17.6 Å². The van der Waals surface area contributed by atoms with Gasteiger partial charge in [0.05, 0.1) is 6.54 Å². The summed E-state index contributed by atoms with van der Waals surface area (Å²) >= 11 is 5.77. The summed E-state index contributed by atoms with van der Waals surface area (Å²) in [6.45, 7) is 1.82. The highest BCUT2D eigenvalue weighted by Gasteiger charge is 2.10. The number of nitrogen functional groups attached to an aromatic ring is 1. The molecule has 0 aliphatic rings. The van der Waals surface area contributed by atoms with E-state index < -0.39 is 0 Å². The van der Waals surface area contributed by atoms with E-state index in [9.17, 15) is 4.79 Å². The Kier molecular flexibility index (Phi) is 3.93. The van der Waals surface area contributed by atoms with Crippen LogP contribution in [0.25, 0.3) is 0 Å². The first-order valence-corrected chi connectivity index (χ1v) is 5.68. The first kappa shape index (κ1) is 13.2. The third kappa shape index (κ3) is 3.39. The van der Waals surface area contributed by atoms with Crippen molar-refractivity contribution in [3.63, 3.8) is 0 Å². The number of nitrogens with two attached hydrogens (primary N) is 1. The van der Waals surface area contributed by atoms with Crippen molar-refractivity contribution in [2.45, 2.75) is 13.5 Å². The summed E-state index contributed by atoms with van der Waals surface area (Å²) in [5.74, 6) is 6.00. The lowest BCUT2D eigenvalue weighted by Gasteiger charge is -2.05. The quantitative estimate of drug-likeness (QED) is 0.428. The predicted molar refractivity (Wildman–Crippen MR) is 67.3 cm³/mol. The normalized spacial score (nSPS) is 10.3. The van der Waals surface area contributed by atoms with Crippen molar-refractivity contribution in [3.05, 3.63) is 34.6 Å². The van der Waals surface area contributed by atoms with E-state index in [4.69, 9.17) is 22.0 Å². The summed E-state index contributed by atoms with van der Waals surface area (Å²) in [5.41, 5.74) is 2.65. The molecule has 0 saturated heterocycles. The molecule has 0 aliphatic heterocycles.